The van der Waals surface area contributed by atoms with Gasteiger partial charge in [-0.1, -0.05) is 11.6 Å². The van der Waals surface area contributed by atoms with Gasteiger partial charge in [-0.15, -0.1) is 0 Å². The van der Waals surface area contributed by atoms with Crippen molar-refractivity contribution < 1.29 is 5.11 Å². The Morgan fingerprint density at radius 1 is 1.47 bits per heavy atom. The van der Waals surface area contributed by atoms with Gasteiger partial charge in [-0.05, 0) is 44.0 Å². The molecule has 0 radical (unpaired) electrons. The molecule has 2 nitrogen and oxygen atoms in total. The van der Waals surface area contributed by atoms with Gasteiger partial charge in [0.1, 0.15) is 5.75 Å². The van der Waals surface area contributed by atoms with E-state index in [4.69, 9.17) is 11.6 Å². The Kier molecular flexibility index (Phi) is 3.17. The molecule has 1 saturated heterocycles. The van der Waals surface area contributed by atoms with E-state index in [1.54, 1.807) is 12.1 Å². The molecule has 0 saturated carbocycles. The SMILES string of the molecule is Cc1c(Cl)ccc(O)c1C1CCCNC1. The van der Waals surface area contributed by atoms with E-state index in [2.05, 4.69) is 5.32 Å². The molecule has 3 heteroatoms. The van der Waals surface area contributed by atoms with Crippen molar-refractivity contribution in [1.82, 2.24) is 5.32 Å². The quantitative estimate of drug-likeness (QED) is 0.771. The third kappa shape index (κ3) is 2.11. The largest absolute Gasteiger partial charge is 0.508 e. The lowest BCUT2D eigenvalue weighted by Gasteiger charge is -2.25. The third-order valence-electron chi connectivity index (χ3n) is 3.13. The van der Waals surface area contributed by atoms with Crippen LogP contribution in [0.2, 0.25) is 5.02 Å². The molecule has 0 spiro atoms. The lowest BCUT2D eigenvalue weighted by molar-refractivity contribution is 0.424. The number of phenols is 1. The molecular formula is C12H16ClNO. The van der Waals surface area contributed by atoms with Gasteiger partial charge in [0.25, 0.3) is 0 Å². The summed E-state index contributed by atoms with van der Waals surface area (Å²) in [4.78, 5) is 0. The van der Waals surface area contributed by atoms with E-state index < -0.39 is 0 Å². The molecule has 1 aromatic rings. The summed E-state index contributed by atoms with van der Waals surface area (Å²) in [5.41, 5.74) is 2.04. The van der Waals surface area contributed by atoms with Crippen LogP contribution in [-0.2, 0) is 0 Å². The lowest BCUT2D eigenvalue weighted by atomic mass is 9.88. The number of rotatable bonds is 1. The molecule has 0 aromatic heterocycles. The summed E-state index contributed by atoms with van der Waals surface area (Å²) in [6, 6.07) is 3.45. The zero-order chi connectivity index (χ0) is 10.8. The molecule has 1 unspecified atom stereocenters. The molecule has 2 N–H and O–H groups in total. The van der Waals surface area contributed by atoms with Crippen LogP contribution in [-0.4, -0.2) is 18.2 Å². The maximum absolute atomic E-state index is 9.88. The summed E-state index contributed by atoms with van der Waals surface area (Å²) in [6.45, 7) is 4.00. The predicted octanol–water partition coefficient (Wildman–Crippen LogP) is 2.82. The smallest absolute Gasteiger partial charge is 0.119 e. The molecule has 0 amide bonds. The normalized spacial score (nSPS) is 21.6. The monoisotopic (exact) mass is 225 g/mol. The van der Waals surface area contributed by atoms with Crippen molar-refractivity contribution in [3.8, 4) is 5.75 Å². The molecule has 1 aliphatic rings. The number of phenolic OH excluding ortho intramolecular Hbond substituents is 1. The Morgan fingerprint density at radius 3 is 2.93 bits per heavy atom. The van der Waals surface area contributed by atoms with Crippen LogP contribution < -0.4 is 5.32 Å². The number of aromatic hydroxyl groups is 1. The second-order valence-corrected chi connectivity index (χ2v) is 4.56. The van der Waals surface area contributed by atoms with Gasteiger partial charge in [-0.3, -0.25) is 0 Å². The van der Waals surface area contributed by atoms with E-state index in [0.717, 1.165) is 42.1 Å². The van der Waals surface area contributed by atoms with Gasteiger partial charge in [0, 0.05) is 23.0 Å². The van der Waals surface area contributed by atoms with Gasteiger partial charge in [-0.2, -0.15) is 0 Å². The summed E-state index contributed by atoms with van der Waals surface area (Å²) in [5, 5.41) is 14.0. The molecule has 1 aromatic carbocycles. The van der Waals surface area contributed by atoms with Crippen LogP contribution in [0.5, 0.6) is 5.75 Å². The van der Waals surface area contributed by atoms with Crippen LogP contribution in [0.1, 0.15) is 29.9 Å². The molecule has 1 aliphatic heterocycles. The van der Waals surface area contributed by atoms with Gasteiger partial charge < -0.3 is 10.4 Å². The minimum Gasteiger partial charge on any atom is -0.508 e. The van der Waals surface area contributed by atoms with Gasteiger partial charge >= 0.3 is 0 Å². The number of hydrogen-bond acceptors (Lipinski definition) is 2. The van der Waals surface area contributed by atoms with Crippen LogP contribution in [0, 0.1) is 6.92 Å². The topological polar surface area (TPSA) is 32.3 Å². The highest BCUT2D eigenvalue weighted by Gasteiger charge is 2.21. The number of benzene rings is 1. The number of hydrogen-bond donors (Lipinski definition) is 2. The zero-order valence-electron chi connectivity index (χ0n) is 8.89. The standard InChI is InChI=1S/C12H16ClNO/c1-8-10(13)4-5-11(15)12(8)9-3-2-6-14-7-9/h4-5,9,14-15H,2-3,6-7H2,1H3. The van der Waals surface area contributed by atoms with E-state index in [9.17, 15) is 5.11 Å². The Balaban J connectivity index is 2.36. The highest BCUT2D eigenvalue weighted by Crippen LogP contribution is 2.36. The number of nitrogens with one attached hydrogen (secondary N) is 1. The van der Waals surface area contributed by atoms with Crippen molar-refractivity contribution in [2.75, 3.05) is 13.1 Å². The molecule has 15 heavy (non-hydrogen) atoms. The average Bonchev–Trinajstić information content (AvgIpc) is 2.26. The van der Waals surface area contributed by atoms with Crippen molar-refractivity contribution in [3.05, 3.63) is 28.3 Å². The van der Waals surface area contributed by atoms with Crippen LogP contribution in [0.15, 0.2) is 12.1 Å². The molecule has 0 bridgehead atoms. The zero-order valence-corrected chi connectivity index (χ0v) is 9.64. The van der Waals surface area contributed by atoms with Crippen LogP contribution in [0.3, 0.4) is 0 Å². The Bertz CT molecular complexity index is 359. The van der Waals surface area contributed by atoms with Crippen LogP contribution in [0.4, 0.5) is 0 Å². The predicted molar refractivity (Wildman–Crippen MR) is 62.7 cm³/mol. The molecule has 1 heterocycles. The molecule has 0 aliphatic carbocycles. The first-order valence-electron chi connectivity index (χ1n) is 5.39. The molecule has 2 rings (SSSR count). The van der Waals surface area contributed by atoms with Gasteiger partial charge in [0.05, 0.1) is 0 Å². The van der Waals surface area contributed by atoms with Crippen molar-refractivity contribution >= 4 is 11.6 Å². The summed E-state index contributed by atoms with van der Waals surface area (Å²) in [7, 11) is 0. The molecule has 1 atom stereocenters. The Labute approximate surface area is 95.3 Å². The van der Waals surface area contributed by atoms with Gasteiger partial charge in [-0.25, -0.2) is 0 Å². The first-order valence-corrected chi connectivity index (χ1v) is 5.76. The summed E-state index contributed by atoms with van der Waals surface area (Å²) < 4.78 is 0. The van der Waals surface area contributed by atoms with Crippen molar-refractivity contribution in [2.24, 2.45) is 0 Å². The van der Waals surface area contributed by atoms with Crippen molar-refractivity contribution in [1.29, 1.82) is 0 Å². The average molecular weight is 226 g/mol. The summed E-state index contributed by atoms with van der Waals surface area (Å²) in [6.07, 6.45) is 2.29. The highest BCUT2D eigenvalue weighted by molar-refractivity contribution is 6.31. The minimum atomic E-state index is 0.380. The van der Waals surface area contributed by atoms with E-state index >= 15 is 0 Å². The van der Waals surface area contributed by atoms with E-state index in [1.165, 1.54) is 0 Å². The molecule has 82 valence electrons. The first kappa shape index (κ1) is 10.8. The van der Waals surface area contributed by atoms with E-state index in [1.807, 2.05) is 6.92 Å². The highest BCUT2D eigenvalue weighted by atomic mass is 35.5. The van der Waals surface area contributed by atoms with E-state index in [0.29, 0.717) is 11.7 Å². The fourth-order valence-electron chi connectivity index (χ4n) is 2.30. The maximum atomic E-state index is 9.88. The third-order valence-corrected chi connectivity index (χ3v) is 3.54. The fraction of sp³-hybridized carbons (Fsp3) is 0.500. The number of halogens is 1. The Morgan fingerprint density at radius 2 is 2.27 bits per heavy atom. The second-order valence-electron chi connectivity index (χ2n) is 4.15. The van der Waals surface area contributed by atoms with E-state index in [-0.39, 0.29) is 0 Å². The second kappa shape index (κ2) is 4.42. The van der Waals surface area contributed by atoms with Crippen LogP contribution >= 0.6 is 11.6 Å². The van der Waals surface area contributed by atoms with Gasteiger partial charge in [0.2, 0.25) is 0 Å². The summed E-state index contributed by atoms with van der Waals surface area (Å²) >= 11 is 6.07. The Hall–Kier alpha value is -0.730. The fourth-order valence-corrected chi connectivity index (χ4v) is 2.47. The lowest BCUT2D eigenvalue weighted by Crippen LogP contribution is -2.28. The van der Waals surface area contributed by atoms with Gasteiger partial charge in [0.15, 0.2) is 0 Å². The first-order chi connectivity index (χ1) is 7.20. The van der Waals surface area contributed by atoms with Crippen molar-refractivity contribution in [2.45, 2.75) is 25.7 Å². The number of piperidine rings is 1. The molecule has 1 fully saturated rings. The summed E-state index contributed by atoms with van der Waals surface area (Å²) in [5.74, 6) is 0.781. The molecular weight excluding hydrogens is 210 g/mol. The van der Waals surface area contributed by atoms with Crippen molar-refractivity contribution in [3.63, 3.8) is 0 Å². The maximum Gasteiger partial charge on any atom is 0.119 e. The van der Waals surface area contributed by atoms with Crippen LogP contribution in [0.25, 0.3) is 0 Å². The minimum absolute atomic E-state index is 0.380.